The van der Waals surface area contributed by atoms with Gasteiger partial charge in [0.2, 0.25) is 5.76 Å². The van der Waals surface area contributed by atoms with Gasteiger partial charge in [-0.2, -0.15) is 0 Å². The number of aliphatic hydroxyl groups is 1. The van der Waals surface area contributed by atoms with Gasteiger partial charge in [-0.25, -0.2) is 4.79 Å². The molecule has 84 valence electrons. The van der Waals surface area contributed by atoms with E-state index < -0.39 is 12.1 Å². The van der Waals surface area contributed by atoms with Gasteiger partial charge in [-0.05, 0) is 30.9 Å². The van der Waals surface area contributed by atoms with Gasteiger partial charge in [0, 0.05) is 0 Å². The van der Waals surface area contributed by atoms with E-state index in [1.54, 1.807) is 0 Å². The van der Waals surface area contributed by atoms with Crippen molar-refractivity contribution in [3.8, 4) is 0 Å². The molecule has 0 bridgehead atoms. The Morgan fingerprint density at radius 3 is 2.53 bits per heavy atom. The molecular formula is C11H16O4. The van der Waals surface area contributed by atoms with Gasteiger partial charge in [0.25, 0.3) is 0 Å². The third-order valence-corrected chi connectivity index (χ3v) is 2.18. The summed E-state index contributed by atoms with van der Waals surface area (Å²) >= 11 is 0. The Kier molecular flexibility index (Phi) is 3.91. The standard InChI is InChI=1S/C11H16O4/c1-7(2)3-4-8(12)9-5-6-10(15-9)11(13)14/h5-8,12H,3-4H2,1-2H3,(H,13,14). The van der Waals surface area contributed by atoms with Crippen molar-refractivity contribution < 1.29 is 19.4 Å². The summed E-state index contributed by atoms with van der Waals surface area (Å²) in [6.07, 6.45) is 0.759. The first-order valence-electron chi connectivity index (χ1n) is 5.01. The van der Waals surface area contributed by atoms with Crippen LogP contribution in [0.5, 0.6) is 0 Å². The molecule has 0 fully saturated rings. The van der Waals surface area contributed by atoms with Crippen molar-refractivity contribution in [2.24, 2.45) is 5.92 Å². The van der Waals surface area contributed by atoms with E-state index in [0.717, 1.165) is 6.42 Å². The molecule has 1 atom stereocenters. The molecule has 2 N–H and O–H groups in total. The van der Waals surface area contributed by atoms with Crippen molar-refractivity contribution in [2.75, 3.05) is 0 Å². The van der Waals surface area contributed by atoms with E-state index >= 15 is 0 Å². The average molecular weight is 212 g/mol. The van der Waals surface area contributed by atoms with Crippen LogP contribution in [0.3, 0.4) is 0 Å². The molecule has 4 nitrogen and oxygen atoms in total. The van der Waals surface area contributed by atoms with Crippen molar-refractivity contribution >= 4 is 5.97 Å². The van der Waals surface area contributed by atoms with Crippen molar-refractivity contribution in [3.63, 3.8) is 0 Å². The molecule has 15 heavy (non-hydrogen) atoms. The third-order valence-electron chi connectivity index (χ3n) is 2.18. The molecular weight excluding hydrogens is 196 g/mol. The summed E-state index contributed by atoms with van der Waals surface area (Å²) in [6, 6.07) is 2.87. The molecule has 0 aliphatic rings. The summed E-state index contributed by atoms with van der Waals surface area (Å²) < 4.78 is 4.99. The van der Waals surface area contributed by atoms with Crippen molar-refractivity contribution in [2.45, 2.75) is 32.8 Å². The van der Waals surface area contributed by atoms with Crippen LogP contribution in [0.25, 0.3) is 0 Å². The lowest BCUT2D eigenvalue weighted by molar-refractivity contribution is 0.0649. The highest BCUT2D eigenvalue weighted by Gasteiger charge is 2.15. The molecule has 0 aliphatic heterocycles. The summed E-state index contributed by atoms with van der Waals surface area (Å²) in [6.45, 7) is 4.13. The number of rotatable bonds is 5. The molecule has 4 heteroatoms. The van der Waals surface area contributed by atoms with Crippen LogP contribution in [-0.2, 0) is 0 Å². The van der Waals surface area contributed by atoms with E-state index in [2.05, 4.69) is 13.8 Å². The van der Waals surface area contributed by atoms with Crippen LogP contribution >= 0.6 is 0 Å². The summed E-state index contributed by atoms with van der Waals surface area (Å²) in [5.74, 6) is -0.410. The molecule has 1 rings (SSSR count). The molecule has 0 spiro atoms. The number of furan rings is 1. The molecule has 0 radical (unpaired) electrons. The van der Waals surface area contributed by atoms with Crippen LogP contribution in [-0.4, -0.2) is 16.2 Å². The number of carboxylic acids is 1. The van der Waals surface area contributed by atoms with Gasteiger partial charge in [-0.3, -0.25) is 0 Å². The summed E-state index contributed by atoms with van der Waals surface area (Å²) in [5.41, 5.74) is 0. The molecule has 1 aromatic heterocycles. The van der Waals surface area contributed by atoms with E-state index in [1.165, 1.54) is 12.1 Å². The Morgan fingerprint density at radius 2 is 2.07 bits per heavy atom. The zero-order valence-corrected chi connectivity index (χ0v) is 8.93. The lowest BCUT2D eigenvalue weighted by Gasteiger charge is -2.09. The summed E-state index contributed by atoms with van der Waals surface area (Å²) in [5, 5.41) is 18.3. The van der Waals surface area contributed by atoms with Crippen LogP contribution < -0.4 is 0 Å². The molecule has 1 aromatic rings. The predicted molar refractivity (Wildman–Crippen MR) is 54.7 cm³/mol. The molecule has 0 aromatic carbocycles. The average Bonchev–Trinajstić information content (AvgIpc) is 2.62. The number of carboxylic acid groups (broad SMARTS) is 1. The molecule has 1 unspecified atom stereocenters. The van der Waals surface area contributed by atoms with Crippen molar-refractivity contribution in [1.82, 2.24) is 0 Å². The van der Waals surface area contributed by atoms with Crippen LogP contribution in [0.2, 0.25) is 0 Å². The van der Waals surface area contributed by atoms with Crippen LogP contribution in [0.15, 0.2) is 16.5 Å². The Hall–Kier alpha value is -1.29. The highest BCUT2D eigenvalue weighted by atomic mass is 16.4. The second-order valence-electron chi connectivity index (χ2n) is 3.99. The fourth-order valence-corrected chi connectivity index (χ4v) is 1.28. The second-order valence-corrected chi connectivity index (χ2v) is 3.99. The van der Waals surface area contributed by atoms with Gasteiger partial charge in [-0.1, -0.05) is 13.8 Å². The van der Waals surface area contributed by atoms with E-state index in [0.29, 0.717) is 18.1 Å². The van der Waals surface area contributed by atoms with Gasteiger partial charge in [0.05, 0.1) is 0 Å². The fourth-order valence-electron chi connectivity index (χ4n) is 1.28. The Bertz CT molecular complexity index is 327. The van der Waals surface area contributed by atoms with E-state index in [-0.39, 0.29) is 5.76 Å². The molecule has 0 saturated carbocycles. The van der Waals surface area contributed by atoms with Gasteiger partial charge in [0.1, 0.15) is 11.9 Å². The van der Waals surface area contributed by atoms with E-state index in [4.69, 9.17) is 9.52 Å². The van der Waals surface area contributed by atoms with E-state index in [9.17, 15) is 9.90 Å². The zero-order chi connectivity index (χ0) is 11.4. The van der Waals surface area contributed by atoms with Crippen molar-refractivity contribution in [3.05, 3.63) is 23.7 Å². The first-order valence-corrected chi connectivity index (χ1v) is 5.01. The fraction of sp³-hybridized carbons (Fsp3) is 0.545. The van der Waals surface area contributed by atoms with Crippen LogP contribution in [0.1, 0.15) is 49.1 Å². The molecule has 0 saturated heterocycles. The largest absolute Gasteiger partial charge is 0.475 e. The number of carbonyl (C=O) groups is 1. The first kappa shape index (κ1) is 11.8. The minimum Gasteiger partial charge on any atom is -0.475 e. The Balaban J connectivity index is 2.58. The Labute approximate surface area is 88.5 Å². The maximum absolute atomic E-state index is 10.5. The molecule has 1 heterocycles. The third kappa shape index (κ3) is 3.40. The lowest BCUT2D eigenvalue weighted by atomic mass is 10.0. The topological polar surface area (TPSA) is 70.7 Å². The maximum atomic E-state index is 10.5. The minimum absolute atomic E-state index is 0.131. The highest BCUT2D eigenvalue weighted by Crippen LogP contribution is 2.22. The Morgan fingerprint density at radius 1 is 1.40 bits per heavy atom. The summed E-state index contributed by atoms with van der Waals surface area (Å²) in [7, 11) is 0. The van der Waals surface area contributed by atoms with Crippen molar-refractivity contribution in [1.29, 1.82) is 0 Å². The normalized spacial score (nSPS) is 13.1. The maximum Gasteiger partial charge on any atom is 0.371 e. The number of hydrogen-bond acceptors (Lipinski definition) is 3. The number of aliphatic hydroxyl groups excluding tert-OH is 1. The predicted octanol–water partition coefficient (Wildman–Crippen LogP) is 2.45. The van der Waals surface area contributed by atoms with Gasteiger partial charge >= 0.3 is 5.97 Å². The van der Waals surface area contributed by atoms with Gasteiger partial charge in [0.15, 0.2) is 0 Å². The quantitative estimate of drug-likeness (QED) is 0.786. The second kappa shape index (κ2) is 4.98. The lowest BCUT2D eigenvalue weighted by Crippen LogP contribution is -1.99. The zero-order valence-electron chi connectivity index (χ0n) is 8.93. The van der Waals surface area contributed by atoms with Crippen LogP contribution in [0, 0.1) is 5.92 Å². The molecule has 0 aliphatic carbocycles. The number of hydrogen-bond donors (Lipinski definition) is 2. The van der Waals surface area contributed by atoms with Gasteiger partial charge < -0.3 is 14.6 Å². The first-order chi connectivity index (χ1) is 7.00. The number of aromatic carboxylic acids is 1. The van der Waals surface area contributed by atoms with Crippen LogP contribution in [0.4, 0.5) is 0 Å². The smallest absolute Gasteiger partial charge is 0.371 e. The SMILES string of the molecule is CC(C)CCC(O)c1ccc(C(=O)O)o1. The highest BCUT2D eigenvalue weighted by molar-refractivity contribution is 5.84. The summed E-state index contributed by atoms with van der Waals surface area (Å²) in [4.78, 5) is 10.5. The van der Waals surface area contributed by atoms with Gasteiger partial charge in [-0.15, -0.1) is 0 Å². The molecule has 0 amide bonds. The minimum atomic E-state index is -1.11. The monoisotopic (exact) mass is 212 g/mol. The van der Waals surface area contributed by atoms with E-state index in [1.807, 2.05) is 0 Å².